The van der Waals surface area contributed by atoms with Crippen molar-refractivity contribution in [3.05, 3.63) is 128 Å². The predicted octanol–water partition coefficient (Wildman–Crippen LogP) is 18.3. The van der Waals surface area contributed by atoms with Crippen molar-refractivity contribution < 1.29 is 19.7 Å². The van der Waals surface area contributed by atoms with Gasteiger partial charge < -0.3 is 19.7 Å². The molecule has 63 heavy (non-hydrogen) atoms. The quantitative estimate of drug-likeness (QED) is 0.0443. The average Bonchev–Trinajstić information content (AvgIpc) is 3.21. The molecular weight excluding hydrogens is 773 g/mol. The van der Waals surface area contributed by atoms with Gasteiger partial charge in [0.05, 0.1) is 14.2 Å². The summed E-state index contributed by atoms with van der Waals surface area (Å²) in [4.78, 5) is 0. The highest BCUT2D eigenvalue weighted by molar-refractivity contribution is 5.66. The number of benzene rings is 1. The molecule has 352 valence electrons. The third-order valence-corrected chi connectivity index (χ3v) is 12.1. The molecule has 0 aliphatic carbocycles. The first kappa shape index (κ1) is 56.8. The van der Waals surface area contributed by atoms with Gasteiger partial charge in [0.1, 0.15) is 0 Å². The van der Waals surface area contributed by atoms with Crippen molar-refractivity contribution in [2.24, 2.45) is 5.92 Å². The number of phenolic OH excluding ortho intramolecular Hbond substituents is 2. The molecule has 0 atom stereocenters. The van der Waals surface area contributed by atoms with Crippen LogP contribution < -0.4 is 9.47 Å². The minimum Gasteiger partial charge on any atom is -0.504 e. The topological polar surface area (TPSA) is 58.9 Å². The number of aromatic hydroxyl groups is 2. The Balaban J connectivity index is 2.35. The molecule has 1 rings (SSSR count). The zero-order valence-electron chi connectivity index (χ0n) is 42.9. The van der Waals surface area contributed by atoms with Crippen LogP contribution in [0, 0.1) is 12.8 Å². The number of allylic oxidation sites excluding steroid dienone is 20. The first-order valence-corrected chi connectivity index (χ1v) is 24.2. The van der Waals surface area contributed by atoms with Gasteiger partial charge in [-0.15, -0.1) is 0 Å². The van der Waals surface area contributed by atoms with Crippen LogP contribution in [-0.2, 0) is 6.42 Å². The Morgan fingerprint density at radius 1 is 0.476 bits per heavy atom. The number of ether oxygens (including phenoxy) is 2. The van der Waals surface area contributed by atoms with E-state index < -0.39 is 0 Å². The Morgan fingerprint density at radius 3 is 1.16 bits per heavy atom. The van der Waals surface area contributed by atoms with Crippen molar-refractivity contribution in [1.82, 2.24) is 0 Å². The first-order valence-electron chi connectivity index (χ1n) is 24.2. The second-order valence-corrected chi connectivity index (χ2v) is 18.8. The molecule has 0 amide bonds. The number of rotatable bonds is 31. The van der Waals surface area contributed by atoms with Crippen molar-refractivity contribution in [2.45, 2.75) is 199 Å². The lowest BCUT2D eigenvalue weighted by molar-refractivity contribution is 0.314. The van der Waals surface area contributed by atoms with Crippen LogP contribution in [0.25, 0.3) is 0 Å². The predicted molar refractivity (Wildman–Crippen MR) is 278 cm³/mol. The van der Waals surface area contributed by atoms with Crippen LogP contribution in [0.5, 0.6) is 23.0 Å². The van der Waals surface area contributed by atoms with E-state index in [0.29, 0.717) is 17.5 Å². The van der Waals surface area contributed by atoms with Crippen molar-refractivity contribution in [2.75, 3.05) is 14.2 Å². The van der Waals surface area contributed by atoms with Gasteiger partial charge in [-0.2, -0.15) is 0 Å². The fourth-order valence-corrected chi connectivity index (χ4v) is 7.58. The zero-order valence-corrected chi connectivity index (χ0v) is 42.9. The number of phenols is 2. The SMILES string of the molecule is COc1c(O)c(C)c(CC=C(C)C=CC=C(C)CCC=C(C)CCC=C(C)CCC=C(C)CCC=C(C)CCC=C(C)CCC=C(C)CCC=C(C)CCCC(C)C)c(O)c1OC. The summed E-state index contributed by atoms with van der Waals surface area (Å²) in [6, 6.07) is 0. The van der Waals surface area contributed by atoms with E-state index >= 15 is 0 Å². The van der Waals surface area contributed by atoms with Crippen molar-refractivity contribution in [3.63, 3.8) is 0 Å². The molecule has 0 fully saturated rings. The van der Waals surface area contributed by atoms with Gasteiger partial charge in [0.2, 0.25) is 11.5 Å². The molecule has 0 aliphatic rings. The Morgan fingerprint density at radius 2 is 0.810 bits per heavy atom. The Hall–Kier alpha value is -4.18. The number of methoxy groups -OCH3 is 2. The second-order valence-electron chi connectivity index (χ2n) is 18.8. The van der Waals surface area contributed by atoms with E-state index in [1.54, 1.807) is 12.5 Å². The van der Waals surface area contributed by atoms with Crippen LogP contribution in [-0.4, -0.2) is 24.4 Å². The summed E-state index contributed by atoms with van der Waals surface area (Å²) in [5, 5.41) is 21.3. The first-order chi connectivity index (χ1) is 30.0. The van der Waals surface area contributed by atoms with Crippen LogP contribution in [0.4, 0.5) is 0 Å². The maximum Gasteiger partial charge on any atom is 0.207 e. The summed E-state index contributed by atoms with van der Waals surface area (Å²) in [6.45, 7) is 26.6. The molecular formula is C59H92O4. The minimum absolute atomic E-state index is 0.00277. The van der Waals surface area contributed by atoms with Gasteiger partial charge in [-0.1, -0.05) is 137 Å². The lowest BCUT2D eigenvalue weighted by Crippen LogP contribution is -1.98. The Bertz CT molecular complexity index is 1830. The molecule has 4 nitrogen and oxygen atoms in total. The fourth-order valence-electron chi connectivity index (χ4n) is 7.58. The van der Waals surface area contributed by atoms with E-state index in [4.69, 9.17) is 9.47 Å². The molecule has 0 bridgehead atoms. The van der Waals surface area contributed by atoms with E-state index in [0.717, 1.165) is 82.1 Å². The lowest BCUT2D eigenvalue weighted by Gasteiger charge is -2.17. The molecule has 0 heterocycles. The number of hydrogen-bond acceptors (Lipinski definition) is 4. The van der Waals surface area contributed by atoms with Gasteiger partial charge in [-0.3, -0.25) is 0 Å². The molecule has 0 aromatic heterocycles. The summed E-state index contributed by atoms with van der Waals surface area (Å²) in [7, 11) is 2.89. The Kier molecular flexibility index (Phi) is 30.1. The maximum absolute atomic E-state index is 10.7. The molecule has 0 aliphatic heterocycles. The highest BCUT2D eigenvalue weighted by atomic mass is 16.5. The van der Waals surface area contributed by atoms with E-state index in [2.05, 4.69) is 130 Å². The Labute approximate surface area is 388 Å². The molecule has 0 radical (unpaired) electrons. The van der Waals surface area contributed by atoms with Crippen molar-refractivity contribution >= 4 is 0 Å². The molecule has 0 spiro atoms. The summed E-state index contributed by atoms with van der Waals surface area (Å²) in [5.41, 5.74) is 14.2. The van der Waals surface area contributed by atoms with Crippen molar-refractivity contribution in [3.8, 4) is 23.0 Å². The van der Waals surface area contributed by atoms with Crippen LogP contribution in [0.2, 0.25) is 0 Å². The van der Waals surface area contributed by atoms with Gasteiger partial charge in [0, 0.05) is 11.1 Å². The van der Waals surface area contributed by atoms with Crippen molar-refractivity contribution in [1.29, 1.82) is 0 Å². The van der Waals surface area contributed by atoms with Crippen LogP contribution in [0.15, 0.2) is 117 Å². The van der Waals surface area contributed by atoms with Gasteiger partial charge in [-0.25, -0.2) is 0 Å². The van der Waals surface area contributed by atoms with E-state index in [9.17, 15) is 10.2 Å². The highest BCUT2D eigenvalue weighted by Crippen LogP contribution is 2.48. The molecule has 0 unspecified atom stereocenters. The number of hydrogen-bond donors (Lipinski definition) is 2. The molecule has 2 N–H and O–H groups in total. The van der Waals surface area contributed by atoms with Gasteiger partial charge in [0.15, 0.2) is 11.5 Å². The summed E-state index contributed by atoms with van der Waals surface area (Å²) < 4.78 is 10.5. The van der Waals surface area contributed by atoms with Crippen LogP contribution in [0.3, 0.4) is 0 Å². The highest BCUT2D eigenvalue weighted by Gasteiger charge is 2.22. The summed E-state index contributed by atoms with van der Waals surface area (Å²) in [6.07, 6.45) is 45.7. The van der Waals surface area contributed by atoms with Crippen LogP contribution in [0.1, 0.15) is 196 Å². The maximum atomic E-state index is 10.7. The van der Waals surface area contributed by atoms with E-state index in [1.807, 2.05) is 13.0 Å². The third-order valence-electron chi connectivity index (χ3n) is 12.1. The molecule has 1 aromatic rings. The molecule has 1 aromatic carbocycles. The normalized spacial score (nSPS) is 14.5. The van der Waals surface area contributed by atoms with Gasteiger partial charge in [0.25, 0.3) is 0 Å². The largest absolute Gasteiger partial charge is 0.504 e. The summed E-state index contributed by atoms with van der Waals surface area (Å²) >= 11 is 0. The second kappa shape index (κ2) is 33.3. The minimum atomic E-state index is -0.0112. The molecule has 0 saturated heterocycles. The standard InChI is InChI=1S/C59H92O4/c1-44(2)24-15-25-45(3)26-16-27-46(4)28-17-29-47(5)30-18-31-48(6)32-19-33-49(7)34-20-35-50(8)36-21-37-51(9)38-22-39-52(10)40-23-41-53(11)42-43-55-54(12)56(60)58(62-13)59(63-14)57(55)61/h23,26,28,30,32,34,36,38,40-42,44,60-61H,15-22,24-25,27,29,31,33,35,37,39,43H2,1-14H3. The van der Waals surface area contributed by atoms with E-state index in [1.165, 1.54) is 91.8 Å². The van der Waals surface area contributed by atoms with Gasteiger partial charge in [-0.05, 0) is 184 Å². The zero-order chi connectivity index (χ0) is 47.2. The average molecular weight is 865 g/mol. The van der Waals surface area contributed by atoms with Crippen LogP contribution >= 0.6 is 0 Å². The monoisotopic (exact) mass is 865 g/mol. The molecule has 0 saturated carbocycles. The summed E-state index contributed by atoms with van der Waals surface area (Å²) in [5.74, 6) is 1.10. The van der Waals surface area contributed by atoms with E-state index in [-0.39, 0.29) is 23.0 Å². The molecule has 4 heteroatoms. The lowest BCUT2D eigenvalue weighted by atomic mass is 10.00. The smallest absolute Gasteiger partial charge is 0.207 e. The van der Waals surface area contributed by atoms with Gasteiger partial charge >= 0.3 is 0 Å². The third kappa shape index (κ3) is 26.3. The fraction of sp³-hybridized carbons (Fsp3) is 0.559.